The molecule has 0 aliphatic heterocycles. The first-order valence-corrected chi connectivity index (χ1v) is 8.91. The van der Waals surface area contributed by atoms with Gasteiger partial charge in [0.1, 0.15) is 0 Å². The Morgan fingerprint density at radius 2 is 1.38 bits per heavy atom. The molecule has 5 nitrogen and oxygen atoms in total. The quantitative estimate of drug-likeness (QED) is 0.780. The zero-order valence-electron chi connectivity index (χ0n) is 13.2. The Labute approximate surface area is 142 Å². The molecule has 1 unspecified atom stereocenters. The highest BCUT2D eigenvalue weighted by molar-refractivity contribution is 7.83. The van der Waals surface area contributed by atoms with E-state index in [0.717, 1.165) is 11.1 Å². The number of esters is 1. The fraction of sp³-hybridized carbons (Fsp3) is 0.222. The SMILES string of the molecule is CCOC(=O)c1ccc(CS(=O)Cc2ccc(C(=O)O)cc2)cc1. The van der Waals surface area contributed by atoms with Crippen molar-refractivity contribution in [1.29, 1.82) is 0 Å². The maximum atomic E-state index is 12.2. The molecule has 6 heteroatoms. The van der Waals surface area contributed by atoms with Crippen LogP contribution < -0.4 is 0 Å². The zero-order valence-corrected chi connectivity index (χ0v) is 14.0. The molecule has 24 heavy (non-hydrogen) atoms. The van der Waals surface area contributed by atoms with Gasteiger partial charge in [-0.2, -0.15) is 0 Å². The molecule has 0 aromatic heterocycles. The molecule has 0 bridgehead atoms. The summed E-state index contributed by atoms with van der Waals surface area (Å²) in [5.74, 6) is -0.642. The summed E-state index contributed by atoms with van der Waals surface area (Å²) in [6.45, 7) is 2.07. The molecule has 0 aliphatic carbocycles. The number of hydrogen-bond donors (Lipinski definition) is 1. The fourth-order valence-electron chi connectivity index (χ4n) is 2.12. The molecule has 0 saturated carbocycles. The molecule has 0 fully saturated rings. The zero-order chi connectivity index (χ0) is 17.5. The van der Waals surface area contributed by atoms with Crippen LogP contribution in [-0.2, 0) is 27.0 Å². The molecule has 0 spiro atoms. The standard InChI is InChI=1S/C18H18O5S/c1-2-23-18(21)16-9-5-14(6-10-16)12-24(22)11-13-3-7-15(8-4-13)17(19)20/h3-10H,2,11-12H2,1H3,(H,19,20). The molecule has 0 radical (unpaired) electrons. The topological polar surface area (TPSA) is 80.7 Å². The van der Waals surface area contributed by atoms with Crippen molar-refractivity contribution < 1.29 is 23.6 Å². The van der Waals surface area contributed by atoms with Crippen LogP contribution in [0, 0.1) is 0 Å². The number of carbonyl (C=O) groups is 2. The molecule has 0 amide bonds. The molecule has 2 aromatic rings. The summed E-state index contributed by atoms with van der Waals surface area (Å²) < 4.78 is 17.1. The summed E-state index contributed by atoms with van der Waals surface area (Å²) in [4.78, 5) is 22.4. The van der Waals surface area contributed by atoms with E-state index in [1.807, 2.05) is 0 Å². The van der Waals surface area contributed by atoms with Gasteiger partial charge < -0.3 is 9.84 Å². The van der Waals surface area contributed by atoms with Crippen molar-refractivity contribution in [3.63, 3.8) is 0 Å². The molecule has 0 saturated heterocycles. The van der Waals surface area contributed by atoms with Gasteiger partial charge in [0, 0.05) is 22.3 Å². The summed E-state index contributed by atoms with van der Waals surface area (Å²) >= 11 is 0. The average Bonchev–Trinajstić information content (AvgIpc) is 2.56. The third-order valence-corrected chi connectivity index (χ3v) is 4.63. The van der Waals surface area contributed by atoms with E-state index in [-0.39, 0.29) is 11.5 Å². The lowest BCUT2D eigenvalue weighted by molar-refractivity contribution is 0.0526. The van der Waals surface area contributed by atoms with Crippen molar-refractivity contribution in [2.45, 2.75) is 18.4 Å². The van der Waals surface area contributed by atoms with Crippen molar-refractivity contribution in [1.82, 2.24) is 0 Å². The van der Waals surface area contributed by atoms with Crippen molar-refractivity contribution in [2.24, 2.45) is 0 Å². The fourth-order valence-corrected chi connectivity index (χ4v) is 3.35. The van der Waals surface area contributed by atoms with Crippen LogP contribution in [-0.4, -0.2) is 27.9 Å². The van der Waals surface area contributed by atoms with Gasteiger partial charge >= 0.3 is 11.9 Å². The molecule has 0 heterocycles. The summed E-state index contributed by atoms with van der Waals surface area (Å²) in [6, 6.07) is 13.2. The van der Waals surface area contributed by atoms with E-state index in [0.29, 0.717) is 23.7 Å². The predicted octanol–water partition coefficient (Wildman–Crippen LogP) is 3.01. The highest BCUT2D eigenvalue weighted by atomic mass is 32.2. The first kappa shape index (κ1) is 17.9. The molecular formula is C18H18O5S. The second-order valence-electron chi connectivity index (χ2n) is 5.15. The number of carboxylic acid groups (broad SMARTS) is 1. The predicted molar refractivity (Wildman–Crippen MR) is 91.4 cm³/mol. The highest BCUT2D eigenvalue weighted by Crippen LogP contribution is 2.12. The van der Waals surface area contributed by atoms with Gasteiger partial charge in [0.15, 0.2) is 0 Å². The van der Waals surface area contributed by atoms with Crippen LogP contribution in [0.2, 0.25) is 0 Å². The number of hydrogen-bond acceptors (Lipinski definition) is 4. The minimum absolute atomic E-state index is 0.207. The van der Waals surface area contributed by atoms with Crippen LogP contribution in [0.25, 0.3) is 0 Å². The number of benzene rings is 2. The van der Waals surface area contributed by atoms with E-state index in [9.17, 15) is 13.8 Å². The third kappa shape index (κ3) is 5.03. The number of carboxylic acids is 1. The van der Waals surface area contributed by atoms with Gasteiger partial charge in [0.25, 0.3) is 0 Å². The molecule has 1 atom stereocenters. The molecule has 2 rings (SSSR count). The van der Waals surface area contributed by atoms with Gasteiger partial charge in [0.2, 0.25) is 0 Å². The van der Waals surface area contributed by atoms with Gasteiger partial charge in [-0.3, -0.25) is 4.21 Å². The lowest BCUT2D eigenvalue weighted by Crippen LogP contribution is -2.05. The van der Waals surface area contributed by atoms with Crippen LogP contribution in [0.4, 0.5) is 0 Å². The van der Waals surface area contributed by atoms with E-state index in [1.165, 1.54) is 12.1 Å². The summed E-state index contributed by atoms with van der Waals surface area (Å²) in [7, 11) is -1.12. The van der Waals surface area contributed by atoms with E-state index in [4.69, 9.17) is 9.84 Å². The Morgan fingerprint density at radius 3 is 1.79 bits per heavy atom. The van der Waals surface area contributed by atoms with Crippen molar-refractivity contribution in [3.8, 4) is 0 Å². The molecule has 1 N–H and O–H groups in total. The molecule has 0 aliphatic rings. The Kier molecular flexibility index (Phi) is 6.26. The second-order valence-corrected chi connectivity index (χ2v) is 6.60. The maximum Gasteiger partial charge on any atom is 0.338 e. The lowest BCUT2D eigenvalue weighted by Gasteiger charge is -2.05. The van der Waals surface area contributed by atoms with Crippen molar-refractivity contribution in [3.05, 3.63) is 70.8 Å². The van der Waals surface area contributed by atoms with Gasteiger partial charge in [-0.05, 0) is 42.3 Å². The van der Waals surface area contributed by atoms with Crippen LogP contribution in [0.15, 0.2) is 48.5 Å². The summed E-state index contributed by atoms with van der Waals surface area (Å²) in [5, 5.41) is 8.85. The monoisotopic (exact) mass is 346 g/mol. The van der Waals surface area contributed by atoms with E-state index >= 15 is 0 Å². The number of aromatic carboxylic acids is 1. The highest BCUT2D eigenvalue weighted by Gasteiger charge is 2.08. The smallest absolute Gasteiger partial charge is 0.338 e. The van der Waals surface area contributed by atoms with E-state index in [2.05, 4.69) is 0 Å². The summed E-state index contributed by atoms with van der Waals surface area (Å²) in [5.41, 5.74) is 2.36. The minimum atomic E-state index is -1.12. The normalized spacial score (nSPS) is 11.7. The van der Waals surface area contributed by atoms with Crippen LogP contribution in [0.3, 0.4) is 0 Å². The van der Waals surface area contributed by atoms with Crippen LogP contribution in [0.1, 0.15) is 38.8 Å². The number of carbonyl (C=O) groups excluding carboxylic acids is 1. The average molecular weight is 346 g/mol. The molecular weight excluding hydrogens is 328 g/mol. The molecule has 2 aromatic carbocycles. The Morgan fingerprint density at radius 1 is 0.917 bits per heavy atom. The van der Waals surface area contributed by atoms with E-state index < -0.39 is 16.8 Å². The van der Waals surface area contributed by atoms with E-state index in [1.54, 1.807) is 43.3 Å². The number of rotatable bonds is 7. The van der Waals surface area contributed by atoms with Gasteiger partial charge in [-0.15, -0.1) is 0 Å². The van der Waals surface area contributed by atoms with Gasteiger partial charge in [0.05, 0.1) is 17.7 Å². The largest absolute Gasteiger partial charge is 0.478 e. The second kappa shape index (κ2) is 8.40. The minimum Gasteiger partial charge on any atom is -0.478 e. The Bertz CT molecular complexity index is 735. The summed E-state index contributed by atoms with van der Waals surface area (Å²) in [6.07, 6.45) is 0. The van der Waals surface area contributed by atoms with Crippen molar-refractivity contribution in [2.75, 3.05) is 6.61 Å². The first-order valence-electron chi connectivity index (χ1n) is 7.43. The first-order chi connectivity index (χ1) is 11.5. The Balaban J connectivity index is 1.94. The van der Waals surface area contributed by atoms with Crippen molar-refractivity contribution >= 4 is 22.7 Å². The molecule has 126 valence electrons. The van der Waals surface area contributed by atoms with Gasteiger partial charge in [-0.1, -0.05) is 24.3 Å². The number of ether oxygens (including phenoxy) is 1. The maximum absolute atomic E-state index is 12.2. The van der Waals surface area contributed by atoms with Crippen LogP contribution in [0.5, 0.6) is 0 Å². The van der Waals surface area contributed by atoms with Crippen LogP contribution >= 0.6 is 0 Å². The Hall–Kier alpha value is -2.47. The van der Waals surface area contributed by atoms with Gasteiger partial charge in [-0.25, -0.2) is 9.59 Å². The lowest BCUT2D eigenvalue weighted by atomic mass is 10.1. The third-order valence-electron chi connectivity index (χ3n) is 3.32.